The Balaban J connectivity index is 1.74. The standard InChI is InChI=1S/C21H19ClN2O7S3/c1-11-14-9-13(22)5-7-17(14)32-21(11)34(28,29)24-15-6-4-12(8-18(15)33(3,26)27)19-23-16(10-31-19)20(25)30-2/h4-9,16,24H,10H2,1-3H3. The number of halogens is 1. The molecule has 1 aliphatic heterocycles. The lowest BCUT2D eigenvalue weighted by Crippen LogP contribution is -2.21. The molecule has 1 unspecified atom stereocenters. The van der Waals surface area contributed by atoms with Crippen molar-refractivity contribution in [1.29, 1.82) is 0 Å². The van der Waals surface area contributed by atoms with Gasteiger partial charge < -0.3 is 9.47 Å². The minimum absolute atomic E-state index is 0.0418. The predicted molar refractivity (Wildman–Crippen MR) is 130 cm³/mol. The molecule has 0 spiro atoms. The second-order valence-corrected chi connectivity index (χ2v) is 12.9. The SMILES string of the molecule is COC(=O)C1COC(c2ccc(NS(=O)(=O)c3sc4ccc(Cl)cc4c3C)c(S(C)(=O)=O)c2)=N1. The molecule has 0 amide bonds. The van der Waals surface area contributed by atoms with Gasteiger partial charge in [-0.2, -0.15) is 0 Å². The number of sulfonamides is 1. The van der Waals surface area contributed by atoms with Crippen molar-refractivity contribution >= 4 is 70.4 Å². The maximum atomic E-state index is 13.2. The number of methoxy groups -OCH3 is 1. The Hall–Kier alpha value is -2.67. The summed E-state index contributed by atoms with van der Waals surface area (Å²) >= 11 is 7.10. The van der Waals surface area contributed by atoms with Crippen LogP contribution in [0, 0.1) is 6.92 Å². The number of sulfone groups is 1. The summed E-state index contributed by atoms with van der Waals surface area (Å²) in [4.78, 5) is 15.5. The zero-order valence-corrected chi connectivity index (χ0v) is 21.4. The highest BCUT2D eigenvalue weighted by Gasteiger charge is 2.29. The number of carbonyl (C=O) groups excluding carboxylic acids is 1. The van der Waals surface area contributed by atoms with Gasteiger partial charge in [-0.05, 0) is 54.3 Å². The first kappa shape index (κ1) is 24.5. The monoisotopic (exact) mass is 542 g/mol. The van der Waals surface area contributed by atoms with Gasteiger partial charge in [0.2, 0.25) is 5.90 Å². The van der Waals surface area contributed by atoms with E-state index in [1.165, 1.54) is 25.3 Å². The molecule has 1 atom stereocenters. The lowest BCUT2D eigenvalue weighted by molar-refractivity contribution is -0.142. The molecule has 34 heavy (non-hydrogen) atoms. The number of nitrogens with one attached hydrogen (secondary N) is 1. The number of hydrogen-bond donors (Lipinski definition) is 1. The molecule has 13 heteroatoms. The largest absolute Gasteiger partial charge is 0.475 e. The van der Waals surface area contributed by atoms with Gasteiger partial charge >= 0.3 is 5.97 Å². The second kappa shape index (κ2) is 8.84. The topological polar surface area (TPSA) is 128 Å². The molecule has 3 aromatic rings. The molecular formula is C21H19ClN2O7S3. The Morgan fingerprint density at radius 1 is 1.21 bits per heavy atom. The normalized spacial score (nSPS) is 16.2. The maximum absolute atomic E-state index is 13.2. The molecule has 180 valence electrons. The molecule has 0 radical (unpaired) electrons. The molecule has 9 nitrogen and oxygen atoms in total. The molecule has 0 saturated heterocycles. The molecular weight excluding hydrogens is 524 g/mol. The summed E-state index contributed by atoms with van der Waals surface area (Å²) < 4.78 is 64.7. The fourth-order valence-electron chi connectivity index (χ4n) is 3.45. The van der Waals surface area contributed by atoms with Crippen molar-refractivity contribution in [1.82, 2.24) is 0 Å². The van der Waals surface area contributed by atoms with Crippen LogP contribution in [0.1, 0.15) is 11.1 Å². The van der Waals surface area contributed by atoms with Crippen molar-refractivity contribution in [3.8, 4) is 0 Å². The lowest BCUT2D eigenvalue weighted by atomic mass is 10.2. The third kappa shape index (κ3) is 4.63. The van der Waals surface area contributed by atoms with E-state index in [1.807, 2.05) is 0 Å². The van der Waals surface area contributed by atoms with Gasteiger partial charge in [0, 0.05) is 21.5 Å². The summed E-state index contributed by atoms with van der Waals surface area (Å²) in [6.45, 7) is 1.62. The fraction of sp³-hybridized carbons (Fsp3) is 0.238. The van der Waals surface area contributed by atoms with Gasteiger partial charge in [-0.3, -0.25) is 4.72 Å². The molecule has 1 aliphatic rings. The number of fused-ring (bicyclic) bond motifs is 1. The van der Waals surface area contributed by atoms with Gasteiger partial charge in [0.05, 0.1) is 17.7 Å². The first-order chi connectivity index (χ1) is 15.9. The van der Waals surface area contributed by atoms with Crippen LogP contribution in [-0.4, -0.2) is 54.7 Å². The van der Waals surface area contributed by atoms with Gasteiger partial charge in [-0.15, -0.1) is 11.3 Å². The summed E-state index contributed by atoms with van der Waals surface area (Å²) in [6, 6.07) is 8.26. The zero-order chi connectivity index (χ0) is 24.8. The van der Waals surface area contributed by atoms with E-state index in [-0.39, 0.29) is 32.9 Å². The first-order valence-corrected chi connectivity index (χ1v) is 14.3. The highest BCUT2D eigenvalue weighted by molar-refractivity contribution is 7.95. The van der Waals surface area contributed by atoms with Crippen LogP contribution in [0.25, 0.3) is 10.1 Å². The van der Waals surface area contributed by atoms with Crippen LogP contribution < -0.4 is 4.72 Å². The maximum Gasteiger partial charge on any atom is 0.334 e. The number of aliphatic imine (C=N–C) groups is 1. The number of rotatable bonds is 6. The molecule has 1 aromatic heterocycles. The molecule has 1 N–H and O–H groups in total. The van der Waals surface area contributed by atoms with Crippen LogP contribution in [0.4, 0.5) is 5.69 Å². The number of anilines is 1. The van der Waals surface area contributed by atoms with E-state index < -0.39 is 31.9 Å². The van der Waals surface area contributed by atoms with Crippen molar-refractivity contribution in [3.63, 3.8) is 0 Å². The number of aryl methyl sites for hydroxylation is 1. The first-order valence-electron chi connectivity index (χ1n) is 9.75. The van der Waals surface area contributed by atoms with Crippen LogP contribution in [-0.2, 0) is 34.1 Å². The Morgan fingerprint density at radius 2 is 1.94 bits per heavy atom. The fourth-order valence-corrected chi connectivity index (χ4v) is 7.38. The van der Waals surface area contributed by atoms with E-state index in [0.717, 1.165) is 22.3 Å². The highest BCUT2D eigenvalue weighted by Crippen LogP contribution is 2.37. The number of thiophene rings is 1. The third-order valence-corrected chi connectivity index (χ3v) is 9.73. The van der Waals surface area contributed by atoms with Crippen LogP contribution >= 0.6 is 22.9 Å². The molecule has 2 heterocycles. The van der Waals surface area contributed by atoms with E-state index in [2.05, 4.69) is 14.5 Å². The average Bonchev–Trinajstić information content (AvgIpc) is 3.38. The summed E-state index contributed by atoms with van der Waals surface area (Å²) in [6.07, 6.45) is 0.963. The quantitative estimate of drug-likeness (QED) is 0.473. The third-order valence-electron chi connectivity index (χ3n) is 5.10. The number of ether oxygens (including phenoxy) is 2. The van der Waals surface area contributed by atoms with Crippen LogP contribution in [0.2, 0.25) is 5.02 Å². The van der Waals surface area contributed by atoms with Crippen molar-refractivity contribution in [2.24, 2.45) is 4.99 Å². The van der Waals surface area contributed by atoms with Gasteiger partial charge in [-0.1, -0.05) is 11.6 Å². The number of benzene rings is 2. The van der Waals surface area contributed by atoms with Crippen molar-refractivity contribution in [3.05, 3.63) is 52.5 Å². The summed E-state index contributed by atoms with van der Waals surface area (Å²) in [5.74, 6) is -0.519. The van der Waals surface area contributed by atoms with E-state index in [4.69, 9.17) is 16.3 Å². The summed E-state index contributed by atoms with van der Waals surface area (Å²) in [5, 5.41) is 1.18. The zero-order valence-electron chi connectivity index (χ0n) is 18.2. The summed E-state index contributed by atoms with van der Waals surface area (Å²) in [5.41, 5.74) is 0.668. The minimum Gasteiger partial charge on any atom is -0.475 e. The lowest BCUT2D eigenvalue weighted by Gasteiger charge is -2.13. The molecule has 0 saturated carbocycles. The molecule has 4 rings (SSSR count). The Kier molecular flexibility index (Phi) is 6.36. The minimum atomic E-state index is -4.12. The van der Waals surface area contributed by atoms with Crippen LogP contribution in [0.15, 0.2) is 50.5 Å². The number of esters is 1. The molecule has 2 aromatic carbocycles. The predicted octanol–water partition coefficient (Wildman–Crippen LogP) is 3.39. The Labute approximate surface area is 205 Å². The van der Waals surface area contributed by atoms with E-state index in [9.17, 15) is 21.6 Å². The van der Waals surface area contributed by atoms with E-state index in [1.54, 1.807) is 25.1 Å². The molecule has 0 aliphatic carbocycles. The van der Waals surface area contributed by atoms with Crippen molar-refractivity contribution in [2.75, 3.05) is 24.7 Å². The van der Waals surface area contributed by atoms with Gasteiger partial charge in [0.15, 0.2) is 15.9 Å². The molecule has 0 fully saturated rings. The van der Waals surface area contributed by atoms with Gasteiger partial charge in [0.1, 0.15) is 10.8 Å². The van der Waals surface area contributed by atoms with Crippen molar-refractivity contribution in [2.45, 2.75) is 22.1 Å². The van der Waals surface area contributed by atoms with Crippen LogP contribution in [0.3, 0.4) is 0 Å². The molecule has 0 bridgehead atoms. The smallest absolute Gasteiger partial charge is 0.334 e. The number of hydrogen-bond acceptors (Lipinski definition) is 9. The van der Waals surface area contributed by atoms with Crippen molar-refractivity contribution < 1.29 is 31.1 Å². The van der Waals surface area contributed by atoms with Gasteiger partial charge in [0.25, 0.3) is 10.0 Å². The van der Waals surface area contributed by atoms with E-state index in [0.29, 0.717) is 16.0 Å². The van der Waals surface area contributed by atoms with Crippen LogP contribution in [0.5, 0.6) is 0 Å². The van der Waals surface area contributed by atoms with E-state index >= 15 is 0 Å². The Morgan fingerprint density at radius 3 is 2.62 bits per heavy atom. The Bertz CT molecular complexity index is 1560. The number of carbonyl (C=O) groups is 1. The number of nitrogens with zero attached hydrogens (tertiary/aromatic N) is 1. The van der Waals surface area contributed by atoms with Gasteiger partial charge in [-0.25, -0.2) is 26.6 Å². The highest BCUT2D eigenvalue weighted by atomic mass is 35.5. The summed E-state index contributed by atoms with van der Waals surface area (Å²) in [7, 11) is -6.75. The second-order valence-electron chi connectivity index (χ2n) is 7.53. The average molecular weight is 543 g/mol.